The molecule has 7 heteroatoms. The van der Waals surface area contributed by atoms with Gasteiger partial charge < -0.3 is 5.32 Å². The second kappa shape index (κ2) is 5.75. The quantitative estimate of drug-likeness (QED) is 0.551. The normalized spacial score (nSPS) is 16.7. The molecule has 0 bridgehead atoms. The van der Waals surface area contributed by atoms with Gasteiger partial charge in [-0.1, -0.05) is 23.5 Å². The summed E-state index contributed by atoms with van der Waals surface area (Å²) in [5, 5.41) is 10.6. The number of hydrogen-bond donors (Lipinski definition) is 1. The van der Waals surface area contributed by atoms with Crippen molar-refractivity contribution >= 4 is 44.6 Å². The summed E-state index contributed by atoms with van der Waals surface area (Å²) in [7, 11) is 0. The van der Waals surface area contributed by atoms with Crippen LogP contribution >= 0.6 is 22.7 Å². The first-order valence-electron chi connectivity index (χ1n) is 8.40. The lowest BCUT2D eigenvalue weighted by molar-refractivity contribution is -0.116. The van der Waals surface area contributed by atoms with Gasteiger partial charge in [-0.25, -0.2) is 4.98 Å². The molecule has 0 saturated carbocycles. The maximum absolute atomic E-state index is 12.4. The lowest BCUT2D eigenvalue weighted by Gasteiger charge is -2.22. The number of carbonyl (C=O) groups excluding carboxylic acids is 1. The van der Waals surface area contributed by atoms with E-state index < -0.39 is 0 Å². The van der Waals surface area contributed by atoms with Crippen LogP contribution in [0.4, 0.5) is 5.82 Å². The summed E-state index contributed by atoms with van der Waals surface area (Å²) >= 11 is 3.28. The van der Waals surface area contributed by atoms with E-state index in [0.29, 0.717) is 6.42 Å². The van der Waals surface area contributed by atoms with Gasteiger partial charge in [0.25, 0.3) is 0 Å². The van der Waals surface area contributed by atoms with E-state index >= 15 is 0 Å². The van der Waals surface area contributed by atoms with Crippen molar-refractivity contribution < 1.29 is 4.79 Å². The molecule has 1 N–H and O–H groups in total. The fourth-order valence-electron chi connectivity index (χ4n) is 3.53. The molecular formula is C19H16N4OS2. The van der Waals surface area contributed by atoms with Crippen LogP contribution in [0, 0.1) is 13.8 Å². The zero-order valence-electron chi connectivity index (χ0n) is 14.3. The van der Waals surface area contributed by atoms with Crippen LogP contribution in [0.25, 0.3) is 15.3 Å². The number of thiophene rings is 1. The number of hydrogen-bond acceptors (Lipinski definition) is 5. The van der Waals surface area contributed by atoms with Gasteiger partial charge in [-0.05, 0) is 43.0 Å². The average molecular weight is 380 g/mol. The lowest BCUT2D eigenvalue weighted by Crippen LogP contribution is -2.24. The third-order valence-corrected chi connectivity index (χ3v) is 6.68. The Morgan fingerprint density at radius 3 is 2.96 bits per heavy atom. The van der Waals surface area contributed by atoms with Crippen LogP contribution in [0.15, 0.2) is 35.7 Å². The third kappa shape index (κ3) is 2.39. The molecule has 0 aliphatic carbocycles. The Morgan fingerprint density at radius 2 is 2.15 bits per heavy atom. The van der Waals surface area contributed by atoms with E-state index in [9.17, 15) is 4.79 Å². The molecule has 0 saturated heterocycles. The zero-order valence-corrected chi connectivity index (χ0v) is 15.9. The minimum atomic E-state index is 0.0222. The number of nitrogens with one attached hydrogen (secondary N) is 1. The molecule has 1 aliphatic rings. The fraction of sp³-hybridized carbons (Fsp3) is 0.211. The third-order valence-electron chi connectivity index (χ3n) is 4.70. The maximum atomic E-state index is 12.4. The summed E-state index contributed by atoms with van der Waals surface area (Å²) in [6.45, 7) is 4.08. The van der Waals surface area contributed by atoms with Crippen molar-refractivity contribution in [1.29, 1.82) is 0 Å². The molecule has 1 atom stereocenters. The minimum absolute atomic E-state index is 0.0222. The highest BCUT2D eigenvalue weighted by atomic mass is 32.1. The van der Waals surface area contributed by atoms with Gasteiger partial charge >= 0.3 is 0 Å². The van der Waals surface area contributed by atoms with E-state index in [1.807, 2.05) is 19.1 Å². The number of nitrogens with zero attached hydrogens (tertiary/aromatic N) is 3. The standard InChI is InChI=1S/C19H16N4OS2/c1-10-5-6-13-15(8-10)26-19(20-13)23-18-17(11(2)22-23)12(9-16(24)21-18)14-4-3-7-25-14/h3-8,12H,9H2,1-2H3,(H,21,24)/t12-/m0/s1. The molecule has 5 nitrogen and oxygen atoms in total. The molecule has 3 aromatic heterocycles. The highest BCUT2D eigenvalue weighted by Gasteiger charge is 2.33. The number of thiazole rings is 1. The Bertz CT molecular complexity index is 1140. The molecule has 26 heavy (non-hydrogen) atoms. The van der Waals surface area contributed by atoms with Crippen molar-refractivity contribution in [1.82, 2.24) is 14.8 Å². The van der Waals surface area contributed by atoms with Gasteiger partial charge in [-0.15, -0.1) is 11.3 Å². The summed E-state index contributed by atoms with van der Waals surface area (Å²) in [5.74, 6) is 0.839. The summed E-state index contributed by atoms with van der Waals surface area (Å²) in [6, 6.07) is 10.3. The number of carbonyl (C=O) groups is 1. The summed E-state index contributed by atoms with van der Waals surface area (Å²) < 4.78 is 2.92. The second-order valence-electron chi connectivity index (χ2n) is 6.55. The molecule has 4 heterocycles. The van der Waals surface area contributed by atoms with E-state index in [4.69, 9.17) is 10.1 Å². The second-order valence-corrected chi connectivity index (χ2v) is 8.54. The van der Waals surface area contributed by atoms with E-state index in [-0.39, 0.29) is 11.8 Å². The van der Waals surface area contributed by atoms with Gasteiger partial charge in [0, 0.05) is 22.8 Å². The number of aryl methyl sites for hydroxylation is 2. The van der Waals surface area contributed by atoms with Crippen LogP contribution in [-0.4, -0.2) is 20.7 Å². The summed E-state index contributed by atoms with van der Waals surface area (Å²) in [4.78, 5) is 18.3. The van der Waals surface area contributed by atoms with Crippen molar-refractivity contribution in [2.45, 2.75) is 26.2 Å². The van der Waals surface area contributed by atoms with Crippen molar-refractivity contribution in [3.8, 4) is 5.13 Å². The van der Waals surface area contributed by atoms with E-state index in [2.05, 4.69) is 35.8 Å². The number of benzene rings is 1. The van der Waals surface area contributed by atoms with E-state index in [1.54, 1.807) is 27.4 Å². The zero-order chi connectivity index (χ0) is 17.8. The Morgan fingerprint density at radius 1 is 1.27 bits per heavy atom. The molecule has 5 rings (SSSR count). The lowest BCUT2D eigenvalue weighted by atomic mass is 9.91. The molecule has 1 aliphatic heterocycles. The van der Waals surface area contributed by atoms with Gasteiger partial charge in [-0.3, -0.25) is 4.79 Å². The Labute approximate surface area is 158 Å². The number of rotatable bonds is 2. The van der Waals surface area contributed by atoms with Crippen LogP contribution in [0.2, 0.25) is 0 Å². The van der Waals surface area contributed by atoms with Gasteiger partial charge in [0.05, 0.1) is 15.9 Å². The monoisotopic (exact) mass is 380 g/mol. The Hall–Kier alpha value is -2.51. The number of amides is 1. The predicted molar refractivity (Wildman–Crippen MR) is 106 cm³/mol. The van der Waals surface area contributed by atoms with Gasteiger partial charge in [0.1, 0.15) is 5.82 Å². The topological polar surface area (TPSA) is 59.8 Å². The van der Waals surface area contributed by atoms with E-state index in [1.165, 1.54) is 10.4 Å². The Kier molecular flexibility index (Phi) is 3.48. The largest absolute Gasteiger partial charge is 0.310 e. The average Bonchev–Trinajstić information content (AvgIpc) is 3.32. The fourth-order valence-corrected chi connectivity index (χ4v) is 5.39. The number of aromatic nitrogens is 3. The van der Waals surface area contributed by atoms with E-state index in [0.717, 1.165) is 32.4 Å². The van der Waals surface area contributed by atoms with Gasteiger partial charge in [0.15, 0.2) is 0 Å². The van der Waals surface area contributed by atoms with Gasteiger partial charge in [-0.2, -0.15) is 9.78 Å². The molecular weight excluding hydrogens is 364 g/mol. The highest BCUT2D eigenvalue weighted by molar-refractivity contribution is 7.20. The molecule has 0 radical (unpaired) electrons. The molecule has 1 aromatic carbocycles. The highest BCUT2D eigenvalue weighted by Crippen LogP contribution is 2.42. The molecule has 0 unspecified atom stereocenters. The van der Waals surface area contributed by atoms with Crippen molar-refractivity contribution in [3.05, 3.63) is 57.4 Å². The Balaban J connectivity index is 1.69. The molecule has 130 valence electrons. The van der Waals surface area contributed by atoms with Crippen LogP contribution in [0.1, 0.15) is 34.0 Å². The number of fused-ring (bicyclic) bond motifs is 2. The van der Waals surface area contributed by atoms with Crippen molar-refractivity contribution in [3.63, 3.8) is 0 Å². The first-order valence-corrected chi connectivity index (χ1v) is 10.1. The van der Waals surface area contributed by atoms with Crippen LogP contribution in [0.3, 0.4) is 0 Å². The minimum Gasteiger partial charge on any atom is -0.310 e. The first-order chi connectivity index (χ1) is 12.6. The maximum Gasteiger partial charge on any atom is 0.226 e. The SMILES string of the molecule is Cc1ccc2nc(-n3nc(C)c4c3NC(=O)C[C@H]4c3cccs3)sc2c1. The molecule has 1 amide bonds. The van der Waals surface area contributed by atoms with Gasteiger partial charge in [0.2, 0.25) is 11.0 Å². The molecule has 0 spiro atoms. The summed E-state index contributed by atoms with van der Waals surface area (Å²) in [6.07, 6.45) is 0.457. The predicted octanol–water partition coefficient (Wildman–Crippen LogP) is 4.63. The van der Waals surface area contributed by atoms with Crippen LogP contribution < -0.4 is 5.32 Å². The van der Waals surface area contributed by atoms with Crippen LogP contribution in [0.5, 0.6) is 0 Å². The number of anilines is 1. The first kappa shape index (κ1) is 15.7. The van der Waals surface area contributed by atoms with Crippen molar-refractivity contribution in [2.75, 3.05) is 5.32 Å². The molecule has 4 aromatic rings. The van der Waals surface area contributed by atoms with Crippen LogP contribution in [-0.2, 0) is 4.79 Å². The smallest absolute Gasteiger partial charge is 0.226 e. The van der Waals surface area contributed by atoms with Crippen molar-refractivity contribution in [2.24, 2.45) is 0 Å². The molecule has 0 fully saturated rings. The summed E-state index contributed by atoms with van der Waals surface area (Å²) in [5.41, 5.74) is 4.20.